The number of benzene rings is 1. The van der Waals surface area contributed by atoms with Crippen LogP contribution in [0.15, 0.2) is 18.3 Å². The molecule has 2 N–H and O–H groups in total. The number of carbonyl (C=O) groups excluding carboxylic acids is 1. The lowest BCUT2D eigenvalue weighted by Gasteiger charge is -2.08. The maximum absolute atomic E-state index is 11.3. The molecule has 0 aliphatic carbocycles. The second-order valence-electron chi connectivity index (χ2n) is 4.08. The molecule has 0 spiro atoms. The van der Waals surface area contributed by atoms with Crippen molar-refractivity contribution in [1.29, 1.82) is 0 Å². The fraction of sp³-hybridized carbons (Fsp3) is 0.231. The van der Waals surface area contributed by atoms with Crippen LogP contribution in [-0.2, 0) is 6.54 Å². The summed E-state index contributed by atoms with van der Waals surface area (Å²) in [6.07, 6.45) is 2.26. The van der Waals surface area contributed by atoms with E-state index in [0.717, 1.165) is 0 Å². The Balaban J connectivity index is 2.88. The zero-order valence-electron chi connectivity index (χ0n) is 9.88. The third-order valence-electron chi connectivity index (χ3n) is 2.96. The number of aliphatic hydroxyl groups excluding tert-OH is 1. The largest absolute Gasteiger partial charge is 0.478 e. The van der Waals surface area contributed by atoms with Crippen LogP contribution in [0.3, 0.4) is 0 Å². The van der Waals surface area contributed by atoms with Crippen molar-refractivity contribution in [2.45, 2.75) is 13.5 Å². The van der Waals surface area contributed by atoms with Crippen molar-refractivity contribution >= 4 is 23.2 Å². The number of aliphatic hydroxyl groups is 1. The van der Waals surface area contributed by atoms with E-state index in [2.05, 4.69) is 0 Å². The first-order valence-electron chi connectivity index (χ1n) is 5.52. The van der Waals surface area contributed by atoms with Gasteiger partial charge in [0, 0.05) is 23.7 Å². The molecule has 5 heteroatoms. The molecule has 5 nitrogen and oxygen atoms in total. The van der Waals surface area contributed by atoms with Crippen LogP contribution in [0.5, 0.6) is 0 Å². The van der Waals surface area contributed by atoms with Gasteiger partial charge in [0.25, 0.3) is 0 Å². The number of fused-ring (bicyclic) bond motifs is 1. The Morgan fingerprint density at radius 1 is 1.44 bits per heavy atom. The molecule has 18 heavy (non-hydrogen) atoms. The SMILES string of the molecule is Cc1ccc2c(C=O)cn(CCO)c2c1C(=O)O. The maximum atomic E-state index is 11.3. The number of hydrogen-bond donors (Lipinski definition) is 2. The van der Waals surface area contributed by atoms with Crippen LogP contribution in [0.4, 0.5) is 0 Å². The fourth-order valence-electron chi connectivity index (χ4n) is 2.17. The van der Waals surface area contributed by atoms with Crippen LogP contribution in [0.25, 0.3) is 10.9 Å². The van der Waals surface area contributed by atoms with Gasteiger partial charge in [-0.05, 0) is 12.5 Å². The average molecular weight is 247 g/mol. The number of carboxylic acid groups (broad SMARTS) is 1. The minimum atomic E-state index is -1.03. The summed E-state index contributed by atoms with van der Waals surface area (Å²) in [4.78, 5) is 22.3. The van der Waals surface area contributed by atoms with Crippen LogP contribution in [0, 0.1) is 6.92 Å². The highest BCUT2D eigenvalue weighted by Crippen LogP contribution is 2.26. The van der Waals surface area contributed by atoms with E-state index < -0.39 is 5.97 Å². The number of hydrogen-bond acceptors (Lipinski definition) is 3. The molecule has 1 aromatic heterocycles. The molecular weight excluding hydrogens is 234 g/mol. The van der Waals surface area contributed by atoms with E-state index >= 15 is 0 Å². The number of aromatic nitrogens is 1. The van der Waals surface area contributed by atoms with E-state index in [4.69, 9.17) is 5.11 Å². The molecular formula is C13H13NO4. The summed E-state index contributed by atoms with van der Waals surface area (Å²) in [6, 6.07) is 3.41. The van der Waals surface area contributed by atoms with E-state index in [1.807, 2.05) is 0 Å². The summed E-state index contributed by atoms with van der Waals surface area (Å²) < 4.78 is 1.61. The number of carboxylic acids is 1. The van der Waals surface area contributed by atoms with Gasteiger partial charge < -0.3 is 14.8 Å². The van der Waals surface area contributed by atoms with Crippen LogP contribution >= 0.6 is 0 Å². The zero-order valence-corrected chi connectivity index (χ0v) is 9.88. The molecule has 0 atom stereocenters. The molecule has 0 saturated carbocycles. The number of nitrogens with zero attached hydrogens (tertiary/aromatic N) is 1. The Labute approximate surface area is 103 Å². The third kappa shape index (κ3) is 1.78. The van der Waals surface area contributed by atoms with Gasteiger partial charge in [-0.25, -0.2) is 4.79 Å². The van der Waals surface area contributed by atoms with Gasteiger partial charge in [-0.2, -0.15) is 0 Å². The van der Waals surface area contributed by atoms with Crippen molar-refractivity contribution < 1.29 is 19.8 Å². The smallest absolute Gasteiger partial charge is 0.338 e. The van der Waals surface area contributed by atoms with Gasteiger partial charge in [0.15, 0.2) is 6.29 Å². The number of aromatic carboxylic acids is 1. The second kappa shape index (κ2) is 4.62. The molecule has 0 aliphatic heterocycles. The van der Waals surface area contributed by atoms with E-state index in [0.29, 0.717) is 28.3 Å². The number of aldehydes is 1. The van der Waals surface area contributed by atoms with Crippen molar-refractivity contribution in [3.8, 4) is 0 Å². The third-order valence-corrected chi connectivity index (χ3v) is 2.96. The Kier molecular flexibility index (Phi) is 3.16. The molecule has 0 fully saturated rings. The standard InChI is InChI=1S/C13H13NO4/c1-8-2-3-10-9(7-16)6-14(4-5-15)12(10)11(8)13(17)18/h2-3,6-7,15H,4-5H2,1H3,(H,17,18). The summed E-state index contributed by atoms with van der Waals surface area (Å²) in [6.45, 7) is 1.85. The molecule has 2 rings (SSSR count). The number of rotatable bonds is 4. The van der Waals surface area contributed by atoms with Gasteiger partial charge >= 0.3 is 5.97 Å². The second-order valence-corrected chi connectivity index (χ2v) is 4.08. The first-order chi connectivity index (χ1) is 8.60. The molecule has 0 saturated heterocycles. The van der Waals surface area contributed by atoms with Crippen LogP contribution in [0.1, 0.15) is 26.3 Å². The minimum absolute atomic E-state index is 0.116. The predicted molar refractivity (Wildman–Crippen MR) is 66.1 cm³/mol. The van der Waals surface area contributed by atoms with Gasteiger partial charge in [-0.1, -0.05) is 12.1 Å². The number of carbonyl (C=O) groups is 2. The molecule has 2 aromatic rings. The quantitative estimate of drug-likeness (QED) is 0.801. The van der Waals surface area contributed by atoms with Gasteiger partial charge in [-0.3, -0.25) is 4.79 Å². The van der Waals surface area contributed by atoms with Crippen molar-refractivity contribution in [1.82, 2.24) is 4.57 Å². The summed E-state index contributed by atoms with van der Waals surface area (Å²) in [7, 11) is 0. The highest BCUT2D eigenvalue weighted by Gasteiger charge is 2.18. The first-order valence-corrected chi connectivity index (χ1v) is 5.52. The zero-order chi connectivity index (χ0) is 13.3. The number of aryl methyl sites for hydroxylation is 1. The van der Waals surface area contributed by atoms with Crippen molar-refractivity contribution in [2.24, 2.45) is 0 Å². The monoisotopic (exact) mass is 247 g/mol. The van der Waals surface area contributed by atoms with Gasteiger partial charge in [-0.15, -0.1) is 0 Å². The minimum Gasteiger partial charge on any atom is -0.478 e. The van der Waals surface area contributed by atoms with E-state index in [1.165, 1.54) is 0 Å². The normalized spacial score (nSPS) is 10.8. The summed E-state index contributed by atoms with van der Waals surface area (Å²) in [5.41, 5.74) is 1.72. The van der Waals surface area contributed by atoms with Gasteiger partial charge in [0.2, 0.25) is 0 Å². The first kappa shape index (κ1) is 12.3. The van der Waals surface area contributed by atoms with E-state index in [1.54, 1.807) is 29.8 Å². The summed E-state index contributed by atoms with van der Waals surface area (Å²) in [5.74, 6) is -1.03. The summed E-state index contributed by atoms with van der Waals surface area (Å²) >= 11 is 0. The molecule has 0 aliphatic rings. The summed E-state index contributed by atoms with van der Waals surface area (Å²) in [5, 5.41) is 18.9. The highest BCUT2D eigenvalue weighted by atomic mass is 16.4. The molecule has 94 valence electrons. The van der Waals surface area contributed by atoms with E-state index in [9.17, 15) is 14.7 Å². The van der Waals surface area contributed by atoms with Crippen molar-refractivity contribution in [3.05, 3.63) is 35.0 Å². The Morgan fingerprint density at radius 2 is 2.17 bits per heavy atom. The average Bonchev–Trinajstić information content (AvgIpc) is 2.67. The Morgan fingerprint density at radius 3 is 2.72 bits per heavy atom. The van der Waals surface area contributed by atoms with Crippen molar-refractivity contribution in [2.75, 3.05) is 6.61 Å². The Hall–Kier alpha value is -2.14. The molecule has 0 amide bonds. The van der Waals surface area contributed by atoms with E-state index in [-0.39, 0.29) is 18.7 Å². The van der Waals surface area contributed by atoms with Gasteiger partial charge in [0.1, 0.15) is 0 Å². The van der Waals surface area contributed by atoms with Crippen molar-refractivity contribution in [3.63, 3.8) is 0 Å². The fourth-order valence-corrected chi connectivity index (χ4v) is 2.17. The lowest BCUT2D eigenvalue weighted by atomic mass is 10.0. The molecule has 0 unspecified atom stereocenters. The maximum Gasteiger partial charge on any atom is 0.338 e. The molecule has 0 radical (unpaired) electrons. The molecule has 0 bridgehead atoms. The van der Waals surface area contributed by atoms with Gasteiger partial charge in [0.05, 0.1) is 17.7 Å². The lowest BCUT2D eigenvalue weighted by Crippen LogP contribution is -2.07. The van der Waals surface area contributed by atoms with Crippen LogP contribution in [0.2, 0.25) is 0 Å². The highest BCUT2D eigenvalue weighted by molar-refractivity contribution is 6.08. The van der Waals surface area contributed by atoms with Crippen LogP contribution in [-0.4, -0.2) is 33.6 Å². The molecule has 1 aromatic carbocycles. The predicted octanol–water partition coefficient (Wildman–Crippen LogP) is 1.45. The lowest BCUT2D eigenvalue weighted by molar-refractivity contribution is 0.0697. The molecule has 1 heterocycles. The van der Waals surface area contributed by atoms with Crippen LogP contribution < -0.4 is 0 Å². The topological polar surface area (TPSA) is 79.5 Å². The Bertz CT molecular complexity index is 627.